The number of hydrogen-bond donors (Lipinski definition) is 0. The second-order valence-corrected chi connectivity index (χ2v) is 24.6. The predicted molar refractivity (Wildman–Crippen MR) is 302 cm³/mol. The minimum atomic E-state index is 0.304. The van der Waals surface area contributed by atoms with E-state index >= 15 is 0 Å². The average Bonchev–Trinajstić information content (AvgIpc) is 3.30. The van der Waals surface area contributed by atoms with Crippen LogP contribution in [0.3, 0.4) is 0 Å². The highest BCUT2D eigenvalue weighted by molar-refractivity contribution is 7.57. The second kappa shape index (κ2) is 61.4. The quantitative estimate of drug-likeness (QED) is 0.0421. The van der Waals surface area contributed by atoms with Crippen LogP contribution in [-0.4, -0.2) is 18.5 Å². The molecule has 0 unspecified atom stereocenters. The van der Waals surface area contributed by atoms with Crippen LogP contribution in [0.15, 0.2) is 0 Å². The first-order valence-corrected chi connectivity index (χ1v) is 33.5. The largest absolute Gasteiger partial charge is 0.107 e. The van der Waals surface area contributed by atoms with E-state index in [1.807, 2.05) is 0 Å². The Labute approximate surface area is 411 Å². The maximum atomic E-state index is 2.32. The van der Waals surface area contributed by atoms with E-state index in [2.05, 4.69) is 20.8 Å². The van der Waals surface area contributed by atoms with Gasteiger partial charge in [0.15, 0.2) is 0 Å². The summed E-state index contributed by atoms with van der Waals surface area (Å²) in [5.41, 5.74) is 0. The van der Waals surface area contributed by atoms with Gasteiger partial charge < -0.3 is 0 Å². The van der Waals surface area contributed by atoms with Crippen LogP contribution in [0.2, 0.25) is 0 Å². The number of hydrogen-bond acceptors (Lipinski definition) is 0. The molecule has 0 fully saturated rings. The fourth-order valence-corrected chi connectivity index (χ4v) is 13.3. The molecular formula is C63H129P. The lowest BCUT2D eigenvalue weighted by Crippen LogP contribution is -1.97. The summed E-state index contributed by atoms with van der Waals surface area (Å²) in [6.07, 6.45) is 89.8. The Kier molecular flexibility index (Phi) is 61.9. The van der Waals surface area contributed by atoms with Crippen molar-refractivity contribution in [2.24, 2.45) is 0 Å². The summed E-state index contributed by atoms with van der Waals surface area (Å²) in [6.45, 7) is 6.97. The molecule has 0 aromatic heterocycles. The van der Waals surface area contributed by atoms with E-state index in [-0.39, 0.29) is 0 Å². The summed E-state index contributed by atoms with van der Waals surface area (Å²) >= 11 is 0. The molecule has 0 bridgehead atoms. The number of unbranched alkanes of at least 4 members (excludes halogenated alkanes) is 54. The molecule has 0 aliphatic rings. The molecule has 0 aliphatic heterocycles. The molecule has 0 rings (SSSR count). The number of rotatable bonds is 60. The molecule has 0 amide bonds. The molecule has 0 saturated carbocycles. The van der Waals surface area contributed by atoms with E-state index in [0.717, 1.165) is 0 Å². The zero-order valence-corrected chi connectivity index (χ0v) is 46.8. The maximum absolute atomic E-state index is 2.32. The maximum Gasteiger partial charge on any atom is -0.0326 e. The monoisotopic (exact) mass is 917 g/mol. The topological polar surface area (TPSA) is 0 Å². The summed E-state index contributed by atoms with van der Waals surface area (Å²) in [5, 5.41) is 0. The van der Waals surface area contributed by atoms with Gasteiger partial charge in [-0.25, -0.2) is 0 Å². The third kappa shape index (κ3) is 58.6. The van der Waals surface area contributed by atoms with Crippen molar-refractivity contribution in [3.63, 3.8) is 0 Å². The Balaban J connectivity index is 3.97. The molecule has 0 spiro atoms. The van der Waals surface area contributed by atoms with Crippen LogP contribution in [0.5, 0.6) is 0 Å². The fraction of sp³-hybridized carbons (Fsp3) is 1.00. The van der Waals surface area contributed by atoms with Gasteiger partial charge in [-0.1, -0.05) is 367 Å². The van der Waals surface area contributed by atoms with Gasteiger partial charge in [0.25, 0.3) is 0 Å². The first-order valence-electron chi connectivity index (χ1n) is 31.6. The van der Waals surface area contributed by atoms with Crippen LogP contribution in [0.25, 0.3) is 0 Å². The Morgan fingerprint density at radius 2 is 0.219 bits per heavy atom. The van der Waals surface area contributed by atoms with Gasteiger partial charge in [-0.15, -0.1) is 7.92 Å². The first kappa shape index (κ1) is 64.4. The summed E-state index contributed by atoms with van der Waals surface area (Å²) in [7, 11) is 0.304. The minimum absolute atomic E-state index is 0.304. The third-order valence-electron chi connectivity index (χ3n) is 15.2. The Morgan fingerprint density at radius 3 is 0.328 bits per heavy atom. The molecule has 0 radical (unpaired) electrons. The highest BCUT2D eigenvalue weighted by atomic mass is 31.1. The molecule has 386 valence electrons. The zero-order valence-electron chi connectivity index (χ0n) is 45.9. The Morgan fingerprint density at radius 1 is 0.125 bits per heavy atom. The van der Waals surface area contributed by atoms with E-state index in [1.165, 1.54) is 347 Å². The predicted octanol–water partition coefficient (Wildman–Crippen LogP) is 24.8. The van der Waals surface area contributed by atoms with E-state index in [9.17, 15) is 0 Å². The van der Waals surface area contributed by atoms with Crippen molar-refractivity contribution in [2.75, 3.05) is 18.5 Å². The summed E-state index contributed by atoms with van der Waals surface area (Å²) < 4.78 is 0. The van der Waals surface area contributed by atoms with Gasteiger partial charge in [-0.2, -0.15) is 0 Å². The molecule has 1 heteroatoms. The van der Waals surface area contributed by atoms with E-state index < -0.39 is 0 Å². The van der Waals surface area contributed by atoms with Gasteiger partial charge >= 0.3 is 0 Å². The van der Waals surface area contributed by atoms with Crippen LogP contribution >= 0.6 is 7.92 Å². The molecule has 0 saturated heterocycles. The molecular weight excluding hydrogens is 788 g/mol. The minimum Gasteiger partial charge on any atom is -0.107 e. The average molecular weight is 918 g/mol. The van der Waals surface area contributed by atoms with Crippen LogP contribution in [0.1, 0.15) is 387 Å². The van der Waals surface area contributed by atoms with E-state index in [1.54, 1.807) is 37.7 Å². The lowest BCUT2D eigenvalue weighted by molar-refractivity contribution is 0.524. The van der Waals surface area contributed by atoms with Crippen molar-refractivity contribution in [3.8, 4) is 0 Å². The van der Waals surface area contributed by atoms with Crippen LogP contribution in [-0.2, 0) is 0 Å². The molecule has 0 atom stereocenters. The molecule has 0 aromatic rings. The van der Waals surface area contributed by atoms with Gasteiger partial charge in [0.2, 0.25) is 0 Å². The fourth-order valence-electron chi connectivity index (χ4n) is 10.6. The SMILES string of the molecule is CCCCCCCCCCCCCCCCCCCCCP(CCCCCCCCCCCCCCCCCCCCC)CCCCCCCCCCCCCCCCCCCCC. The van der Waals surface area contributed by atoms with Crippen molar-refractivity contribution in [1.29, 1.82) is 0 Å². The molecule has 0 nitrogen and oxygen atoms in total. The standard InChI is InChI=1S/C63H129P/c1-4-7-10-13-16-19-22-25-28-31-34-37-40-43-46-49-52-55-58-61-64(62-59-56-53-50-47-44-41-38-35-32-29-26-23-20-17-14-11-8-5-2)63-60-57-54-51-48-45-42-39-36-33-30-27-24-21-18-15-12-9-6-3/h4-63H2,1-3H3. The van der Waals surface area contributed by atoms with Crippen molar-refractivity contribution in [3.05, 3.63) is 0 Å². The summed E-state index contributed by atoms with van der Waals surface area (Å²) in [6, 6.07) is 0. The zero-order chi connectivity index (χ0) is 46.0. The van der Waals surface area contributed by atoms with Crippen LogP contribution < -0.4 is 0 Å². The lowest BCUT2D eigenvalue weighted by atomic mass is 10.0. The molecule has 0 heterocycles. The van der Waals surface area contributed by atoms with Crippen molar-refractivity contribution in [1.82, 2.24) is 0 Å². The van der Waals surface area contributed by atoms with E-state index in [4.69, 9.17) is 0 Å². The first-order chi connectivity index (χ1) is 31.8. The highest BCUT2D eigenvalue weighted by Crippen LogP contribution is 2.39. The Bertz CT molecular complexity index is 661. The second-order valence-electron chi connectivity index (χ2n) is 21.9. The van der Waals surface area contributed by atoms with Gasteiger partial charge in [0.1, 0.15) is 0 Å². The normalized spacial score (nSPS) is 11.8. The summed E-state index contributed by atoms with van der Waals surface area (Å²) in [4.78, 5) is 0. The summed E-state index contributed by atoms with van der Waals surface area (Å²) in [5.74, 6) is 0. The Hall–Kier alpha value is 0.430. The van der Waals surface area contributed by atoms with Crippen molar-refractivity contribution >= 4 is 7.92 Å². The molecule has 0 N–H and O–H groups in total. The smallest absolute Gasteiger partial charge is 0.0326 e. The molecule has 0 aromatic carbocycles. The van der Waals surface area contributed by atoms with Gasteiger partial charge in [-0.05, 0) is 37.7 Å². The van der Waals surface area contributed by atoms with Crippen molar-refractivity contribution in [2.45, 2.75) is 387 Å². The van der Waals surface area contributed by atoms with Crippen LogP contribution in [0, 0.1) is 0 Å². The van der Waals surface area contributed by atoms with E-state index in [0.29, 0.717) is 7.92 Å². The molecule has 0 aliphatic carbocycles. The van der Waals surface area contributed by atoms with Gasteiger partial charge in [0, 0.05) is 0 Å². The highest BCUT2D eigenvalue weighted by Gasteiger charge is 2.08. The van der Waals surface area contributed by atoms with Gasteiger partial charge in [-0.3, -0.25) is 0 Å². The van der Waals surface area contributed by atoms with Gasteiger partial charge in [0.05, 0.1) is 0 Å². The van der Waals surface area contributed by atoms with Crippen LogP contribution in [0.4, 0.5) is 0 Å². The lowest BCUT2D eigenvalue weighted by Gasteiger charge is -2.18. The molecule has 64 heavy (non-hydrogen) atoms. The van der Waals surface area contributed by atoms with Crippen molar-refractivity contribution < 1.29 is 0 Å². The third-order valence-corrected chi connectivity index (χ3v) is 18.1.